The second-order valence-corrected chi connectivity index (χ2v) is 8.45. The summed E-state index contributed by atoms with van der Waals surface area (Å²) in [5, 5.41) is 20.7. The van der Waals surface area contributed by atoms with Crippen LogP contribution in [0.4, 0.5) is 4.39 Å². The summed E-state index contributed by atoms with van der Waals surface area (Å²) < 4.78 is 13.8. The van der Waals surface area contributed by atoms with Crippen molar-refractivity contribution < 1.29 is 9.18 Å². The molecule has 1 aromatic heterocycles. The summed E-state index contributed by atoms with van der Waals surface area (Å²) in [6, 6.07) is 17.3. The molecule has 6 nitrogen and oxygen atoms in total. The summed E-state index contributed by atoms with van der Waals surface area (Å²) in [7, 11) is 0. The first-order valence-corrected chi connectivity index (χ1v) is 11.0. The molecule has 0 unspecified atom stereocenters. The van der Waals surface area contributed by atoms with Crippen molar-refractivity contribution in [3.63, 3.8) is 0 Å². The second kappa shape index (κ2) is 10.2. The molecule has 0 bridgehead atoms. The Kier molecular flexibility index (Phi) is 6.92. The first-order chi connectivity index (χ1) is 16.1. The Morgan fingerprint density at radius 1 is 1.09 bits per heavy atom. The number of carbonyl (C=O) groups is 1. The second-order valence-electron chi connectivity index (χ2n) is 8.45. The van der Waals surface area contributed by atoms with Gasteiger partial charge in [0.1, 0.15) is 12.4 Å². The topological polar surface area (TPSA) is 92.8 Å². The van der Waals surface area contributed by atoms with Gasteiger partial charge in [-0.05, 0) is 91.6 Å². The van der Waals surface area contributed by atoms with Crippen LogP contribution < -0.4 is 5.43 Å². The molecule has 33 heavy (non-hydrogen) atoms. The highest BCUT2D eigenvalue weighted by atomic mass is 19.1. The smallest absolute Gasteiger partial charge is 0.265 e. The number of aromatic nitrogens is 1. The zero-order valence-electron chi connectivity index (χ0n) is 18.2. The van der Waals surface area contributed by atoms with Crippen LogP contribution in [-0.4, -0.2) is 29.0 Å². The van der Waals surface area contributed by atoms with Gasteiger partial charge in [-0.25, -0.2) is 9.40 Å². The summed E-state index contributed by atoms with van der Waals surface area (Å²) in [5.41, 5.74) is 5.71. The molecule has 166 valence electrons. The van der Waals surface area contributed by atoms with Gasteiger partial charge in [0.05, 0.1) is 23.2 Å². The minimum absolute atomic E-state index is 0.0935. The van der Waals surface area contributed by atoms with Gasteiger partial charge in [0.2, 0.25) is 0 Å². The number of hydrogen-bond donors (Lipinski definition) is 1. The molecular weight excluding hydrogens is 417 g/mol. The lowest BCUT2D eigenvalue weighted by Crippen LogP contribution is -2.45. The fourth-order valence-corrected chi connectivity index (χ4v) is 4.60. The number of benzene rings is 2. The fourth-order valence-electron chi connectivity index (χ4n) is 4.60. The van der Waals surface area contributed by atoms with Gasteiger partial charge in [-0.15, -0.1) is 0 Å². The van der Waals surface area contributed by atoms with E-state index < -0.39 is 0 Å². The Labute approximate surface area is 192 Å². The van der Waals surface area contributed by atoms with Gasteiger partial charge in [0, 0.05) is 23.7 Å². The zero-order valence-corrected chi connectivity index (χ0v) is 18.2. The van der Waals surface area contributed by atoms with Gasteiger partial charge in [0.15, 0.2) is 0 Å². The summed E-state index contributed by atoms with van der Waals surface area (Å²) in [6.07, 6.45) is 5.63. The molecule has 0 radical (unpaired) electrons. The third-order valence-electron chi connectivity index (χ3n) is 6.30. The lowest BCUT2D eigenvalue weighted by Gasteiger charge is -2.32. The maximum absolute atomic E-state index is 13.8. The monoisotopic (exact) mass is 441 g/mol. The van der Waals surface area contributed by atoms with E-state index in [9.17, 15) is 14.4 Å². The van der Waals surface area contributed by atoms with Crippen LogP contribution in [0, 0.1) is 34.4 Å². The van der Waals surface area contributed by atoms with Crippen molar-refractivity contribution in [1.29, 1.82) is 10.5 Å². The van der Waals surface area contributed by atoms with E-state index in [1.54, 1.807) is 47.6 Å². The number of fused-ring (bicyclic) bond motifs is 1. The van der Waals surface area contributed by atoms with Crippen LogP contribution in [0.2, 0.25) is 0 Å². The number of amides is 1. The van der Waals surface area contributed by atoms with Gasteiger partial charge >= 0.3 is 0 Å². The Bertz CT molecular complexity index is 1220. The molecule has 1 amide bonds. The van der Waals surface area contributed by atoms with Crippen molar-refractivity contribution in [2.24, 2.45) is 5.92 Å². The molecule has 0 saturated heterocycles. The highest BCUT2D eigenvalue weighted by Crippen LogP contribution is 2.38. The average molecular weight is 442 g/mol. The van der Waals surface area contributed by atoms with Crippen molar-refractivity contribution in [2.75, 3.05) is 13.1 Å². The number of rotatable bonds is 6. The lowest BCUT2D eigenvalue weighted by molar-refractivity contribution is 0.0765. The highest BCUT2D eigenvalue weighted by molar-refractivity contribution is 5.93. The molecule has 1 aliphatic carbocycles. The molecule has 7 heteroatoms. The largest absolute Gasteiger partial charge is 0.284 e. The van der Waals surface area contributed by atoms with Crippen LogP contribution in [0.15, 0.2) is 54.7 Å². The van der Waals surface area contributed by atoms with E-state index in [0.717, 1.165) is 42.1 Å². The van der Waals surface area contributed by atoms with Gasteiger partial charge in [0.25, 0.3) is 5.91 Å². The van der Waals surface area contributed by atoms with E-state index in [2.05, 4.69) is 16.5 Å². The number of pyridine rings is 1. The zero-order chi connectivity index (χ0) is 23.2. The molecule has 0 spiro atoms. The highest BCUT2D eigenvalue weighted by Gasteiger charge is 2.26. The Morgan fingerprint density at radius 2 is 1.85 bits per heavy atom. The van der Waals surface area contributed by atoms with E-state index in [1.807, 2.05) is 12.1 Å². The number of hydrogen-bond acceptors (Lipinski definition) is 5. The van der Waals surface area contributed by atoms with E-state index in [-0.39, 0.29) is 18.3 Å². The Balaban J connectivity index is 1.37. The third kappa shape index (κ3) is 5.34. The number of nitriles is 2. The van der Waals surface area contributed by atoms with Crippen molar-refractivity contribution in [1.82, 2.24) is 15.4 Å². The molecule has 0 atom stereocenters. The normalized spacial score (nSPS) is 17.9. The Morgan fingerprint density at radius 3 is 2.55 bits per heavy atom. The summed E-state index contributed by atoms with van der Waals surface area (Å²) in [5.74, 6) is 0.135. The lowest BCUT2D eigenvalue weighted by atomic mass is 9.78. The van der Waals surface area contributed by atoms with Crippen LogP contribution in [-0.2, 0) is 0 Å². The summed E-state index contributed by atoms with van der Waals surface area (Å²) >= 11 is 0. The maximum Gasteiger partial charge on any atom is 0.265 e. The standard InChI is InChI=1S/C26H24FN5O/c27-22-9-10-25-24(15-22)23(11-13-30-25)20-5-3-19(4-6-20)17-32(14-12-28)31-26(33)21-7-1-18(16-29)2-8-21/h1-2,7-11,13,15,19-20H,3-6,14,17H2,(H,31,33). The van der Waals surface area contributed by atoms with Crippen LogP contribution >= 0.6 is 0 Å². The molecule has 1 fully saturated rings. The quantitative estimate of drug-likeness (QED) is 0.442. The average Bonchev–Trinajstić information content (AvgIpc) is 2.84. The van der Waals surface area contributed by atoms with Crippen LogP contribution in [0.25, 0.3) is 10.9 Å². The first-order valence-electron chi connectivity index (χ1n) is 11.0. The van der Waals surface area contributed by atoms with Gasteiger partial charge in [-0.3, -0.25) is 15.2 Å². The van der Waals surface area contributed by atoms with E-state index in [4.69, 9.17) is 5.26 Å². The molecule has 1 heterocycles. The summed E-state index contributed by atoms with van der Waals surface area (Å²) in [4.78, 5) is 16.9. The van der Waals surface area contributed by atoms with Gasteiger partial charge < -0.3 is 0 Å². The fraction of sp³-hybridized carbons (Fsp3) is 0.308. The van der Waals surface area contributed by atoms with Crippen molar-refractivity contribution in [3.8, 4) is 12.1 Å². The van der Waals surface area contributed by atoms with Crippen molar-refractivity contribution >= 4 is 16.8 Å². The molecule has 1 saturated carbocycles. The van der Waals surface area contributed by atoms with E-state index >= 15 is 0 Å². The Hall–Kier alpha value is -3.81. The molecule has 1 N–H and O–H groups in total. The predicted octanol–water partition coefficient (Wildman–Crippen LogP) is 4.69. The predicted molar refractivity (Wildman–Crippen MR) is 122 cm³/mol. The number of nitrogens with one attached hydrogen (secondary N) is 1. The number of halogens is 1. The van der Waals surface area contributed by atoms with E-state index in [0.29, 0.717) is 29.5 Å². The van der Waals surface area contributed by atoms with E-state index in [1.165, 1.54) is 6.07 Å². The number of nitrogens with zero attached hydrogens (tertiary/aromatic N) is 4. The maximum atomic E-state index is 13.8. The molecule has 4 rings (SSSR count). The number of hydrazine groups is 1. The van der Waals surface area contributed by atoms with Crippen LogP contribution in [0.1, 0.15) is 53.1 Å². The van der Waals surface area contributed by atoms with Crippen LogP contribution in [0.3, 0.4) is 0 Å². The molecular formula is C26H24FN5O. The van der Waals surface area contributed by atoms with Crippen LogP contribution in [0.5, 0.6) is 0 Å². The van der Waals surface area contributed by atoms with Gasteiger partial charge in [-0.1, -0.05) is 0 Å². The molecule has 3 aromatic rings. The minimum Gasteiger partial charge on any atom is -0.284 e. The third-order valence-corrected chi connectivity index (χ3v) is 6.30. The van der Waals surface area contributed by atoms with Crippen molar-refractivity contribution in [2.45, 2.75) is 31.6 Å². The molecule has 0 aliphatic heterocycles. The molecule has 2 aromatic carbocycles. The van der Waals surface area contributed by atoms with Gasteiger partial charge in [-0.2, -0.15) is 10.5 Å². The summed E-state index contributed by atoms with van der Waals surface area (Å²) in [6.45, 7) is 0.685. The molecule has 1 aliphatic rings. The number of carbonyl (C=O) groups excluding carboxylic acids is 1. The SMILES string of the molecule is N#CCN(CC1CCC(c2ccnc3ccc(F)cc23)CC1)NC(=O)c1ccc(C#N)cc1. The van der Waals surface area contributed by atoms with Crippen molar-refractivity contribution in [3.05, 3.63) is 77.2 Å². The minimum atomic E-state index is -0.297. The first kappa shape index (κ1) is 22.4.